The van der Waals surface area contributed by atoms with Crippen LogP contribution in [0.1, 0.15) is 37.1 Å². The molecule has 3 rings (SSSR count). The van der Waals surface area contributed by atoms with E-state index in [2.05, 4.69) is 17.0 Å². The summed E-state index contributed by atoms with van der Waals surface area (Å²) in [4.78, 5) is 2.56. The average Bonchev–Trinajstić information content (AvgIpc) is 2.76. The summed E-state index contributed by atoms with van der Waals surface area (Å²) in [5.74, 6) is 0.620. The molecule has 0 radical (unpaired) electrons. The van der Waals surface area contributed by atoms with Gasteiger partial charge in [-0.15, -0.1) is 0 Å². The molecule has 2 saturated heterocycles. The zero-order valence-corrected chi connectivity index (χ0v) is 13.4. The highest BCUT2D eigenvalue weighted by Crippen LogP contribution is 2.39. The number of hydrogen-bond donors (Lipinski definition) is 1. The Morgan fingerprint density at radius 3 is 2.40 bits per heavy atom. The second-order valence-corrected chi connectivity index (χ2v) is 7.00. The Hall–Kier alpha value is -0.580. The SMILES string of the molecule is Cc1nn(C)c(CC(N)C2CC3CCC(C2)N3C)c1Cl. The maximum Gasteiger partial charge on any atom is 0.0847 e. The van der Waals surface area contributed by atoms with E-state index in [9.17, 15) is 0 Å². The third kappa shape index (κ3) is 2.38. The molecule has 0 aromatic carbocycles. The van der Waals surface area contributed by atoms with Gasteiger partial charge in [-0.1, -0.05) is 11.6 Å². The zero-order chi connectivity index (χ0) is 14.4. The fraction of sp³-hybridized carbons (Fsp3) is 0.800. The van der Waals surface area contributed by atoms with Crippen LogP contribution >= 0.6 is 11.6 Å². The summed E-state index contributed by atoms with van der Waals surface area (Å²) in [5, 5.41) is 5.17. The normalized spacial score (nSPS) is 31.8. The lowest BCUT2D eigenvalue weighted by Gasteiger charge is -2.38. The summed E-state index contributed by atoms with van der Waals surface area (Å²) in [6, 6.07) is 1.68. The van der Waals surface area contributed by atoms with Crippen LogP contribution in [0.25, 0.3) is 0 Å². The van der Waals surface area contributed by atoms with Gasteiger partial charge in [-0.25, -0.2) is 0 Å². The van der Waals surface area contributed by atoms with Gasteiger partial charge in [0.1, 0.15) is 0 Å². The van der Waals surface area contributed by atoms with E-state index in [1.807, 2.05) is 18.7 Å². The van der Waals surface area contributed by atoms with Crippen LogP contribution < -0.4 is 5.73 Å². The molecule has 3 heterocycles. The number of nitrogens with two attached hydrogens (primary N) is 1. The van der Waals surface area contributed by atoms with Crippen LogP contribution in [-0.2, 0) is 13.5 Å². The Morgan fingerprint density at radius 2 is 1.90 bits per heavy atom. The quantitative estimate of drug-likeness (QED) is 0.929. The third-order valence-corrected chi connectivity index (χ3v) is 5.92. The van der Waals surface area contributed by atoms with Gasteiger partial charge in [-0.05, 0) is 45.6 Å². The fourth-order valence-corrected chi connectivity index (χ4v) is 4.33. The summed E-state index contributed by atoms with van der Waals surface area (Å²) in [5.41, 5.74) is 8.50. The van der Waals surface area contributed by atoms with Crippen molar-refractivity contribution in [3.8, 4) is 0 Å². The molecule has 3 unspecified atom stereocenters. The Kier molecular flexibility index (Phi) is 3.82. The molecule has 2 aliphatic rings. The van der Waals surface area contributed by atoms with Crippen molar-refractivity contribution < 1.29 is 0 Å². The van der Waals surface area contributed by atoms with Crippen LogP contribution in [0.5, 0.6) is 0 Å². The molecule has 2 fully saturated rings. The Morgan fingerprint density at radius 1 is 1.30 bits per heavy atom. The molecular formula is C15H25ClN4. The summed E-state index contributed by atoms with van der Waals surface area (Å²) < 4.78 is 1.89. The van der Waals surface area contributed by atoms with Crippen molar-refractivity contribution in [1.29, 1.82) is 0 Å². The average molecular weight is 297 g/mol. The molecule has 20 heavy (non-hydrogen) atoms. The van der Waals surface area contributed by atoms with Crippen molar-refractivity contribution in [2.24, 2.45) is 18.7 Å². The first-order valence-electron chi connectivity index (χ1n) is 7.62. The highest BCUT2D eigenvalue weighted by atomic mass is 35.5. The standard InChI is InChI=1S/C15H25ClN4/c1-9-15(16)14(20(3)18-9)8-13(17)10-6-11-4-5-12(7-10)19(11)2/h10-13H,4-8,17H2,1-3H3. The number of piperidine rings is 1. The first kappa shape index (κ1) is 14.4. The molecule has 3 atom stereocenters. The van der Waals surface area contributed by atoms with Crippen molar-refractivity contribution >= 4 is 11.6 Å². The van der Waals surface area contributed by atoms with E-state index < -0.39 is 0 Å². The monoisotopic (exact) mass is 296 g/mol. The largest absolute Gasteiger partial charge is 0.327 e. The minimum Gasteiger partial charge on any atom is -0.327 e. The summed E-state index contributed by atoms with van der Waals surface area (Å²) >= 11 is 6.34. The molecule has 2 N–H and O–H groups in total. The Balaban J connectivity index is 1.69. The first-order chi connectivity index (χ1) is 9.47. The van der Waals surface area contributed by atoms with Crippen LogP contribution in [0.3, 0.4) is 0 Å². The van der Waals surface area contributed by atoms with Crippen molar-refractivity contribution in [2.75, 3.05) is 7.05 Å². The highest BCUT2D eigenvalue weighted by molar-refractivity contribution is 6.31. The number of rotatable bonds is 3. The molecule has 0 saturated carbocycles. The molecule has 4 nitrogen and oxygen atoms in total. The zero-order valence-electron chi connectivity index (χ0n) is 12.6. The molecule has 0 aliphatic carbocycles. The van der Waals surface area contributed by atoms with E-state index >= 15 is 0 Å². The number of aryl methyl sites for hydroxylation is 2. The van der Waals surface area contributed by atoms with Crippen molar-refractivity contribution in [1.82, 2.24) is 14.7 Å². The maximum absolute atomic E-state index is 6.51. The number of hydrogen-bond acceptors (Lipinski definition) is 3. The Labute approximate surface area is 126 Å². The number of aromatic nitrogens is 2. The lowest BCUT2D eigenvalue weighted by atomic mass is 9.83. The maximum atomic E-state index is 6.51. The van der Waals surface area contributed by atoms with Gasteiger partial charge in [0.25, 0.3) is 0 Å². The predicted molar refractivity (Wildman–Crippen MR) is 81.9 cm³/mol. The third-order valence-electron chi connectivity index (χ3n) is 5.43. The molecule has 0 spiro atoms. The van der Waals surface area contributed by atoms with E-state index in [1.54, 1.807) is 0 Å². The van der Waals surface area contributed by atoms with E-state index in [0.29, 0.717) is 5.92 Å². The molecule has 1 aromatic rings. The minimum absolute atomic E-state index is 0.194. The van der Waals surface area contributed by atoms with E-state index in [-0.39, 0.29) is 6.04 Å². The predicted octanol–water partition coefficient (Wildman–Crippen LogP) is 2.12. The smallest absolute Gasteiger partial charge is 0.0847 e. The van der Waals surface area contributed by atoms with Gasteiger partial charge in [0.05, 0.1) is 16.4 Å². The lowest BCUT2D eigenvalue weighted by Crippen LogP contribution is -2.46. The van der Waals surface area contributed by atoms with Crippen molar-refractivity contribution in [3.05, 3.63) is 16.4 Å². The van der Waals surface area contributed by atoms with Gasteiger partial charge in [-0.3, -0.25) is 4.68 Å². The first-order valence-corrected chi connectivity index (χ1v) is 8.00. The van der Waals surface area contributed by atoms with Gasteiger partial charge < -0.3 is 10.6 Å². The van der Waals surface area contributed by atoms with Crippen LogP contribution in [0, 0.1) is 12.8 Å². The second-order valence-electron chi connectivity index (χ2n) is 6.62. The van der Waals surface area contributed by atoms with Crippen LogP contribution in [-0.4, -0.2) is 39.9 Å². The Bertz CT molecular complexity index is 484. The van der Waals surface area contributed by atoms with Crippen molar-refractivity contribution in [2.45, 2.75) is 57.2 Å². The molecular weight excluding hydrogens is 272 g/mol. The molecule has 0 amide bonds. The summed E-state index contributed by atoms with van der Waals surface area (Å²) in [6.45, 7) is 1.95. The van der Waals surface area contributed by atoms with Crippen LogP contribution in [0.15, 0.2) is 0 Å². The fourth-order valence-electron chi connectivity index (χ4n) is 4.09. The van der Waals surface area contributed by atoms with Gasteiger partial charge >= 0.3 is 0 Å². The van der Waals surface area contributed by atoms with Crippen molar-refractivity contribution in [3.63, 3.8) is 0 Å². The minimum atomic E-state index is 0.194. The topological polar surface area (TPSA) is 47.1 Å². The number of fused-ring (bicyclic) bond motifs is 2. The van der Waals surface area contributed by atoms with E-state index in [1.165, 1.54) is 25.7 Å². The molecule has 112 valence electrons. The molecule has 1 aromatic heterocycles. The van der Waals surface area contributed by atoms with E-state index in [0.717, 1.165) is 34.9 Å². The van der Waals surface area contributed by atoms with E-state index in [4.69, 9.17) is 17.3 Å². The molecule has 2 aliphatic heterocycles. The van der Waals surface area contributed by atoms with Gasteiger partial charge in [0, 0.05) is 31.6 Å². The number of nitrogens with zero attached hydrogens (tertiary/aromatic N) is 3. The molecule has 2 bridgehead atoms. The lowest BCUT2D eigenvalue weighted by molar-refractivity contribution is 0.120. The van der Waals surface area contributed by atoms with Crippen LogP contribution in [0.2, 0.25) is 5.02 Å². The van der Waals surface area contributed by atoms with Gasteiger partial charge in [0.15, 0.2) is 0 Å². The molecule has 5 heteroatoms. The summed E-state index contributed by atoms with van der Waals surface area (Å²) in [7, 11) is 4.23. The highest BCUT2D eigenvalue weighted by Gasteiger charge is 2.40. The van der Waals surface area contributed by atoms with Crippen LogP contribution in [0.4, 0.5) is 0 Å². The van der Waals surface area contributed by atoms with Gasteiger partial charge in [-0.2, -0.15) is 5.10 Å². The van der Waals surface area contributed by atoms with Gasteiger partial charge in [0.2, 0.25) is 0 Å². The number of halogens is 1. The summed E-state index contributed by atoms with van der Waals surface area (Å²) in [6.07, 6.45) is 6.00. The second kappa shape index (κ2) is 5.32.